The molecule has 2 saturated heterocycles. The van der Waals surface area contributed by atoms with E-state index in [9.17, 15) is 9.59 Å². The zero-order chi connectivity index (χ0) is 17.6. The summed E-state index contributed by atoms with van der Waals surface area (Å²) in [6.07, 6.45) is 0.628. The number of benzene rings is 1. The van der Waals surface area contributed by atoms with Crippen LogP contribution in [0.2, 0.25) is 0 Å². The molecule has 0 aliphatic carbocycles. The number of amides is 2. The van der Waals surface area contributed by atoms with Gasteiger partial charge >= 0.3 is 0 Å². The largest absolute Gasteiger partial charge is 0.369 e. The summed E-state index contributed by atoms with van der Waals surface area (Å²) >= 11 is 0. The van der Waals surface area contributed by atoms with Crippen molar-refractivity contribution in [2.24, 2.45) is 0 Å². The fourth-order valence-corrected chi connectivity index (χ4v) is 3.42. The van der Waals surface area contributed by atoms with Crippen molar-refractivity contribution in [3.8, 4) is 0 Å². The number of hydrogen-bond donors (Lipinski definition) is 2. The van der Waals surface area contributed by atoms with Gasteiger partial charge in [-0.1, -0.05) is 6.07 Å². The fraction of sp³-hybridized carbons (Fsp3) is 0.529. The summed E-state index contributed by atoms with van der Waals surface area (Å²) in [4.78, 5) is 27.5. The van der Waals surface area contributed by atoms with Crippen LogP contribution in [-0.4, -0.2) is 48.9 Å². The molecule has 23 heavy (non-hydrogen) atoms. The highest BCUT2D eigenvalue weighted by Gasteiger charge is 2.34. The molecule has 1 aromatic carbocycles. The highest BCUT2D eigenvalue weighted by molar-refractivity contribution is 6.00. The van der Waals surface area contributed by atoms with E-state index in [1.807, 2.05) is 18.2 Å². The van der Waals surface area contributed by atoms with Crippen LogP contribution in [0.5, 0.6) is 0 Å². The van der Waals surface area contributed by atoms with Crippen molar-refractivity contribution in [2.75, 3.05) is 31.1 Å². The lowest BCUT2D eigenvalue weighted by Crippen LogP contribution is -2.50. The van der Waals surface area contributed by atoms with Gasteiger partial charge in [-0.25, -0.2) is 0 Å². The van der Waals surface area contributed by atoms with E-state index in [0.717, 1.165) is 43.0 Å². The molecule has 3 atom stereocenters. The standard InChI is InChI=1S/C17H22N4O2/c22-16-4-3-15(17(23)19-16)21-10-12-1-2-14(9-13(12)11-21)20-7-5-18-6-8-20/h1-2,9,15,18H,3-8,10-11H2,(H,19,22,23)/i10D,11D. The summed E-state index contributed by atoms with van der Waals surface area (Å²) in [6, 6.07) is 5.31. The van der Waals surface area contributed by atoms with E-state index in [-0.39, 0.29) is 18.2 Å². The number of piperazine rings is 1. The molecule has 1 aromatic rings. The number of rotatable bonds is 2. The summed E-state index contributed by atoms with van der Waals surface area (Å²) in [5, 5.41) is 5.66. The Labute approximate surface area is 138 Å². The van der Waals surface area contributed by atoms with E-state index in [1.54, 1.807) is 4.90 Å². The summed E-state index contributed by atoms with van der Waals surface area (Å²) in [6.45, 7) is 2.20. The topological polar surface area (TPSA) is 64.7 Å². The second-order valence-electron chi connectivity index (χ2n) is 6.22. The molecule has 0 spiro atoms. The summed E-state index contributed by atoms with van der Waals surface area (Å²) in [7, 11) is 0. The lowest BCUT2D eigenvalue weighted by atomic mass is 10.0. The first-order valence-corrected chi connectivity index (χ1v) is 8.11. The Kier molecular flexibility index (Phi) is 3.23. The summed E-state index contributed by atoms with van der Waals surface area (Å²) in [5.41, 5.74) is 2.64. The van der Waals surface area contributed by atoms with Crippen molar-refractivity contribution in [1.82, 2.24) is 15.5 Å². The van der Waals surface area contributed by atoms with E-state index in [1.165, 1.54) is 0 Å². The molecular weight excluding hydrogens is 292 g/mol. The lowest BCUT2D eigenvalue weighted by Gasteiger charge is -2.30. The molecule has 6 nitrogen and oxygen atoms in total. The number of fused-ring (bicyclic) bond motifs is 1. The molecule has 3 aliphatic heterocycles. The van der Waals surface area contributed by atoms with Crippen molar-refractivity contribution in [1.29, 1.82) is 0 Å². The predicted molar refractivity (Wildman–Crippen MR) is 86.9 cm³/mol. The first-order valence-electron chi connectivity index (χ1n) is 9.27. The number of nitrogens with zero attached hydrogens (tertiary/aromatic N) is 2. The van der Waals surface area contributed by atoms with Crippen molar-refractivity contribution in [3.05, 3.63) is 29.3 Å². The Hall–Kier alpha value is -1.92. The Bertz CT molecular complexity index is 708. The second kappa shape index (κ2) is 5.94. The van der Waals surface area contributed by atoms with Gasteiger partial charge in [0.2, 0.25) is 11.8 Å². The van der Waals surface area contributed by atoms with Crippen LogP contribution in [0.1, 0.15) is 26.7 Å². The third-order valence-corrected chi connectivity index (χ3v) is 4.70. The number of carbonyl (C=O) groups excluding carboxylic acids is 2. The first kappa shape index (κ1) is 12.5. The Morgan fingerprint density at radius 3 is 2.70 bits per heavy atom. The van der Waals surface area contributed by atoms with Crippen LogP contribution in [0.4, 0.5) is 5.69 Å². The van der Waals surface area contributed by atoms with Gasteiger partial charge < -0.3 is 10.2 Å². The quantitative estimate of drug-likeness (QED) is 0.764. The number of piperidine rings is 1. The van der Waals surface area contributed by atoms with Crippen LogP contribution in [-0.2, 0) is 22.6 Å². The van der Waals surface area contributed by atoms with Gasteiger partial charge in [-0.15, -0.1) is 0 Å². The molecule has 2 fully saturated rings. The molecule has 6 heteroatoms. The molecule has 2 amide bonds. The highest BCUT2D eigenvalue weighted by atomic mass is 16.2. The smallest absolute Gasteiger partial charge is 0.243 e. The van der Waals surface area contributed by atoms with Crippen molar-refractivity contribution in [2.45, 2.75) is 31.9 Å². The van der Waals surface area contributed by atoms with Crippen LogP contribution >= 0.6 is 0 Å². The lowest BCUT2D eigenvalue weighted by molar-refractivity contribution is -0.137. The molecule has 0 aromatic heterocycles. The highest BCUT2D eigenvalue weighted by Crippen LogP contribution is 2.30. The van der Waals surface area contributed by atoms with Gasteiger partial charge in [0.15, 0.2) is 0 Å². The average Bonchev–Trinajstić information content (AvgIpc) is 2.87. The number of nitrogens with one attached hydrogen (secondary N) is 2. The van der Waals surface area contributed by atoms with Crippen LogP contribution in [0.15, 0.2) is 18.2 Å². The number of hydrogen-bond acceptors (Lipinski definition) is 5. The third-order valence-electron chi connectivity index (χ3n) is 4.70. The van der Waals surface area contributed by atoms with Gasteiger partial charge in [0, 0.05) is 54.1 Å². The molecule has 2 N–H and O–H groups in total. The van der Waals surface area contributed by atoms with Gasteiger partial charge in [-0.2, -0.15) is 0 Å². The van der Waals surface area contributed by atoms with Crippen molar-refractivity contribution in [3.63, 3.8) is 0 Å². The SMILES string of the molecule is [2H]C1c2ccc(N3CCNCC3)cc2C([2H])N1C1CCC(=O)NC1=O. The molecule has 0 radical (unpaired) electrons. The Morgan fingerprint density at radius 1 is 1.13 bits per heavy atom. The third kappa shape index (κ3) is 2.84. The van der Waals surface area contributed by atoms with Gasteiger partial charge in [0.25, 0.3) is 0 Å². The molecule has 3 heterocycles. The zero-order valence-corrected chi connectivity index (χ0v) is 12.9. The maximum Gasteiger partial charge on any atom is 0.243 e. The van der Waals surface area contributed by atoms with E-state index >= 15 is 0 Å². The van der Waals surface area contributed by atoms with Crippen LogP contribution in [0, 0.1) is 0 Å². The minimum absolute atomic E-state index is 0.259. The van der Waals surface area contributed by atoms with Crippen molar-refractivity contribution >= 4 is 17.5 Å². The first-order chi connectivity index (χ1) is 12.1. The molecule has 0 saturated carbocycles. The minimum atomic E-state index is -0.760. The van der Waals surface area contributed by atoms with E-state index < -0.39 is 19.1 Å². The molecular formula is C17H22N4O2. The molecule has 3 unspecified atom stereocenters. The van der Waals surface area contributed by atoms with Gasteiger partial charge in [-0.3, -0.25) is 19.8 Å². The zero-order valence-electron chi connectivity index (χ0n) is 14.9. The van der Waals surface area contributed by atoms with Crippen molar-refractivity contribution < 1.29 is 12.3 Å². The molecule has 4 rings (SSSR count). The normalized spacial score (nSPS) is 33.0. The van der Waals surface area contributed by atoms with Crippen LogP contribution in [0.3, 0.4) is 0 Å². The maximum atomic E-state index is 12.2. The monoisotopic (exact) mass is 316 g/mol. The fourth-order valence-electron chi connectivity index (χ4n) is 3.42. The van der Waals surface area contributed by atoms with E-state index in [0.29, 0.717) is 6.42 Å². The van der Waals surface area contributed by atoms with Gasteiger partial charge in [-0.05, 0) is 29.7 Å². The van der Waals surface area contributed by atoms with Crippen LogP contribution in [0.25, 0.3) is 0 Å². The predicted octanol–water partition coefficient (Wildman–Crippen LogP) is 0.217. The van der Waals surface area contributed by atoms with E-state index in [4.69, 9.17) is 2.74 Å². The summed E-state index contributed by atoms with van der Waals surface area (Å²) in [5.74, 6) is -0.664. The van der Waals surface area contributed by atoms with E-state index in [2.05, 4.69) is 15.5 Å². The molecule has 0 bridgehead atoms. The Balaban J connectivity index is 1.60. The molecule has 122 valence electrons. The van der Waals surface area contributed by atoms with Gasteiger partial charge in [0.1, 0.15) is 0 Å². The number of anilines is 1. The number of imide groups is 1. The molecule has 3 aliphatic rings. The van der Waals surface area contributed by atoms with Crippen LogP contribution < -0.4 is 15.5 Å². The maximum absolute atomic E-state index is 12.2. The number of carbonyl (C=O) groups is 2. The van der Waals surface area contributed by atoms with Gasteiger partial charge in [0.05, 0.1) is 6.04 Å². The minimum Gasteiger partial charge on any atom is -0.369 e. The summed E-state index contributed by atoms with van der Waals surface area (Å²) < 4.78 is 17.1. The average molecular weight is 316 g/mol. The Morgan fingerprint density at radius 2 is 1.91 bits per heavy atom. The second-order valence-corrected chi connectivity index (χ2v) is 6.22.